The fourth-order valence-electron chi connectivity index (χ4n) is 1.56. The number of alkyl halides is 1. The number of nitrogens with one attached hydrogen (secondary N) is 1. The van der Waals surface area contributed by atoms with Crippen LogP contribution in [0.4, 0.5) is 5.69 Å². The minimum absolute atomic E-state index is 0.0867. The van der Waals surface area contributed by atoms with Gasteiger partial charge in [0, 0.05) is 30.6 Å². The fraction of sp³-hybridized carbons (Fsp3) is 0.250. The molecule has 1 N–H and O–H groups in total. The van der Waals surface area contributed by atoms with E-state index in [2.05, 4.69) is 15.5 Å². The van der Waals surface area contributed by atoms with Gasteiger partial charge in [0.25, 0.3) is 0 Å². The third-order valence-electron chi connectivity index (χ3n) is 2.46. The molecule has 6 heteroatoms. The van der Waals surface area contributed by atoms with E-state index in [9.17, 15) is 4.79 Å². The van der Waals surface area contributed by atoms with Crippen molar-refractivity contribution in [2.24, 2.45) is 7.05 Å². The zero-order chi connectivity index (χ0) is 13.0. The van der Waals surface area contributed by atoms with Crippen LogP contribution in [0.3, 0.4) is 0 Å². The molecule has 0 fully saturated rings. The second-order valence-corrected chi connectivity index (χ2v) is 4.21. The van der Waals surface area contributed by atoms with Gasteiger partial charge in [-0.1, -0.05) is 0 Å². The maximum atomic E-state index is 11.4. The molecular weight excluding hydrogens is 252 g/mol. The highest BCUT2D eigenvalue weighted by atomic mass is 35.5. The molecule has 0 unspecified atom stereocenters. The Morgan fingerprint density at radius 1 is 1.39 bits per heavy atom. The third-order valence-corrected chi connectivity index (χ3v) is 2.65. The van der Waals surface area contributed by atoms with Crippen LogP contribution in [0.15, 0.2) is 30.6 Å². The minimum atomic E-state index is -0.0867. The van der Waals surface area contributed by atoms with E-state index < -0.39 is 0 Å². The molecule has 5 nitrogen and oxygen atoms in total. The molecule has 0 bridgehead atoms. The van der Waals surface area contributed by atoms with Crippen molar-refractivity contribution in [3.8, 4) is 11.4 Å². The van der Waals surface area contributed by atoms with Crippen molar-refractivity contribution in [1.29, 1.82) is 0 Å². The van der Waals surface area contributed by atoms with Gasteiger partial charge in [0.05, 0.1) is 0 Å². The zero-order valence-corrected chi connectivity index (χ0v) is 10.7. The third kappa shape index (κ3) is 2.87. The minimum Gasteiger partial charge on any atom is -0.326 e. The summed E-state index contributed by atoms with van der Waals surface area (Å²) in [6, 6.07) is 7.44. The van der Waals surface area contributed by atoms with Crippen LogP contribution in [-0.4, -0.2) is 26.6 Å². The maximum absolute atomic E-state index is 11.4. The van der Waals surface area contributed by atoms with Crippen LogP contribution < -0.4 is 5.32 Å². The lowest BCUT2D eigenvalue weighted by Crippen LogP contribution is -2.11. The standard InChI is InChI=1S/C12H13ClN4O/c1-17-8-14-16-12(17)9-2-4-10(5-3-9)15-11(18)6-7-13/h2-5,8H,6-7H2,1H3,(H,15,18). The van der Waals surface area contributed by atoms with Crippen molar-refractivity contribution in [3.63, 3.8) is 0 Å². The molecule has 1 aromatic carbocycles. The number of halogens is 1. The normalized spacial score (nSPS) is 10.3. The molecule has 18 heavy (non-hydrogen) atoms. The lowest BCUT2D eigenvalue weighted by atomic mass is 10.2. The smallest absolute Gasteiger partial charge is 0.225 e. The number of aromatic nitrogens is 3. The van der Waals surface area contributed by atoms with Gasteiger partial charge in [-0.15, -0.1) is 21.8 Å². The second-order valence-electron chi connectivity index (χ2n) is 3.83. The Balaban J connectivity index is 2.11. The lowest BCUT2D eigenvalue weighted by Gasteiger charge is -2.05. The summed E-state index contributed by atoms with van der Waals surface area (Å²) in [6.07, 6.45) is 1.96. The van der Waals surface area contributed by atoms with Gasteiger partial charge >= 0.3 is 0 Å². The van der Waals surface area contributed by atoms with E-state index in [0.29, 0.717) is 12.3 Å². The average Bonchev–Trinajstić information content (AvgIpc) is 2.77. The van der Waals surface area contributed by atoms with Gasteiger partial charge in [0.1, 0.15) is 6.33 Å². The Labute approximate surface area is 110 Å². The molecule has 1 amide bonds. The summed E-state index contributed by atoms with van der Waals surface area (Å²) in [5.74, 6) is 1.02. The highest BCUT2D eigenvalue weighted by Crippen LogP contribution is 2.18. The summed E-state index contributed by atoms with van der Waals surface area (Å²) in [7, 11) is 1.88. The van der Waals surface area contributed by atoms with Crippen LogP contribution in [-0.2, 0) is 11.8 Å². The molecule has 0 radical (unpaired) electrons. The summed E-state index contributed by atoms with van der Waals surface area (Å²) < 4.78 is 1.83. The number of benzene rings is 1. The van der Waals surface area contributed by atoms with Crippen LogP contribution in [0, 0.1) is 0 Å². The molecule has 0 spiro atoms. The largest absolute Gasteiger partial charge is 0.326 e. The number of rotatable bonds is 4. The summed E-state index contributed by atoms with van der Waals surface area (Å²) >= 11 is 5.49. The lowest BCUT2D eigenvalue weighted by molar-refractivity contribution is -0.115. The van der Waals surface area contributed by atoms with Crippen molar-refractivity contribution >= 4 is 23.2 Å². The Morgan fingerprint density at radius 3 is 2.67 bits per heavy atom. The first-order chi connectivity index (χ1) is 8.70. The van der Waals surface area contributed by atoms with Gasteiger partial charge in [-0.2, -0.15) is 0 Å². The number of anilines is 1. The number of aryl methyl sites for hydroxylation is 1. The molecule has 0 atom stereocenters. The first-order valence-electron chi connectivity index (χ1n) is 5.51. The van der Waals surface area contributed by atoms with Crippen molar-refractivity contribution in [2.45, 2.75) is 6.42 Å². The number of nitrogens with zero attached hydrogens (tertiary/aromatic N) is 3. The van der Waals surface area contributed by atoms with Crippen LogP contribution in [0.2, 0.25) is 0 Å². The van der Waals surface area contributed by atoms with Crippen LogP contribution in [0.5, 0.6) is 0 Å². The molecule has 2 rings (SSSR count). The Bertz CT molecular complexity index is 535. The molecule has 0 saturated heterocycles. The van der Waals surface area contributed by atoms with Gasteiger partial charge in [0.2, 0.25) is 5.91 Å². The molecule has 94 valence electrons. The van der Waals surface area contributed by atoms with Crippen LogP contribution in [0.1, 0.15) is 6.42 Å². The second kappa shape index (κ2) is 5.64. The van der Waals surface area contributed by atoms with Gasteiger partial charge < -0.3 is 9.88 Å². The van der Waals surface area contributed by atoms with E-state index in [1.165, 1.54) is 0 Å². The average molecular weight is 265 g/mol. The summed E-state index contributed by atoms with van der Waals surface area (Å²) in [5, 5.41) is 10.6. The van der Waals surface area contributed by atoms with Gasteiger partial charge in [0.15, 0.2) is 5.82 Å². The number of amides is 1. The van der Waals surface area contributed by atoms with Gasteiger partial charge in [-0.3, -0.25) is 4.79 Å². The predicted octanol–water partition coefficient (Wildman–Crippen LogP) is 2.05. The van der Waals surface area contributed by atoms with Crippen molar-refractivity contribution in [2.75, 3.05) is 11.2 Å². The monoisotopic (exact) mass is 264 g/mol. The first kappa shape index (κ1) is 12.6. The van der Waals surface area contributed by atoms with Gasteiger partial charge in [-0.25, -0.2) is 0 Å². The Kier molecular flexibility index (Phi) is 3.94. The van der Waals surface area contributed by atoms with Crippen molar-refractivity contribution < 1.29 is 4.79 Å². The number of carbonyl (C=O) groups excluding carboxylic acids is 1. The summed E-state index contributed by atoms with van der Waals surface area (Å²) in [5.41, 5.74) is 1.70. The molecule has 1 aromatic heterocycles. The zero-order valence-electron chi connectivity index (χ0n) is 9.93. The Hall–Kier alpha value is -1.88. The Morgan fingerprint density at radius 2 is 2.11 bits per heavy atom. The van der Waals surface area contributed by atoms with E-state index in [0.717, 1.165) is 17.1 Å². The topological polar surface area (TPSA) is 59.8 Å². The number of hydrogen-bond acceptors (Lipinski definition) is 3. The van der Waals surface area contributed by atoms with E-state index >= 15 is 0 Å². The van der Waals surface area contributed by atoms with Gasteiger partial charge in [-0.05, 0) is 24.3 Å². The number of hydrogen-bond donors (Lipinski definition) is 1. The molecule has 0 saturated carbocycles. The maximum Gasteiger partial charge on any atom is 0.225 e. The fourth-order valence-corrected chi connectivity index (χ4v) is 1.73. The quantitative estimate of drug-likeness (QED) is 0.860. The molecule has 1 heterocycles. The highest BCUT2D eigenvalue weighted by Gasteiger charge is 2.05. The summed E-state index contributed by atoms with van der Waals surface area (Å²) in [4.78, 5) is 11.4. The van der Waals surface area contributed by atoms with Crippen LogP contribution >= 0.6 is 11.6 Å². The van der Waals surface area contributed by atoms with E-state index in [-0.39, 0.29) is 5.91 Å². The molecule has 0 aliphatic heterocycles. The predicted molar refractivity (Wildman–Crippen MR) is 70.4 cm³/mol. The first-order valence-corrected chi connectivity index (χ1v) is 6.04. The molecule has 2 aromatic rings. The molecule has 0 aliphatic rings. The summed E-state index contributed by atoms with van der Waals surface area (Å²) in [6.45, 7) is 0. The number of carbonyl (C=O) groups is 1. The van der Waals surface area contributed by atoms with Crippen molar-refractivity contribution in [3.05, 3.63) is 30.6 Å². The van der Waals surface area contributed by atoms with E-state index in [4.69, 9.17) is 11.6 Å². The molecular formula is C12H13ClN4O. The van der Waals surface area contributed by atoms with E-state index in [1.807, 2.05) is 35.9 Å². The molecule has 0 aliphatic carbocycles. The van der Waals surface area contributed by atoms with E-state index in [1.54, 1.807) is 6.33 Å². The van der Waals surface area contributed by atoms with Crippen LogP contribution in [0.25, 0.3) is 11.4 Å². The SMILES string of the molecule is Cn1cnnc1-c1ccc(NC(=O)CCCl)cc1. The van der Waals surface area contributed by atoms with Crippen molar-refractivity contribution in [1.82, 2.24) is 14.8 Å². The highest BCUT2D eigenvalue weighted by molar-refractivity contribution is 6.19.